The summed E-state index contributed by atoms with van der Waals surface area (Å²) in [5.41, 5.74) is -2.45. The minimum absolute atomic E-state index is 0.0507. The molecule has 0 aromatic heterocycles. The van der Waals surface area contributed by atoms with Crippen molar-refractivity contribution in [2.75, 3.05) is 0 Å². The Labute approximate surface area is 97.2 Å². The molecule has 0 bridgehead atoms. The number of halogens is 6. The van der Waals surface area contributed by atoms with Crippen molar-refractivity contribution in [3.63, 3.8) is 0 Å². The SMILES string of the molecule is CC(=O)c1c(F)cc(C(F)(F)F)cc1OC(F)F. The third kappa shape index (κ3) is 3.14. The first-order valence-corrected chi connectivity index (χ1v) is 4.49. The fraction of sp³-hybridized carbons (Fsp3) is 0.300. The van der Waals surface area contributed by atoms with Crippen molar-refractivity contribution >= 4 is 5.78 Å². The van der Waals surface area contributed by atoms with Gasteiger partial charge >= 0.3 is 12.8 Å². The first kappa shape index (κ1) is 14.3. The van der Waals surface area contributed by atoms with Crippen LogP contribution >= 0.6 is 0 Å². The molecule has 0 fully saturated rings. The second-order valence-electron chi connectivity index (χ2n) is 3.26. The van der Waals surface area contributed by atoms with Crippen LogP contribution in [0.1, 0.15) is 22.8 Å². The van der Waals surface area contributed by atoms with E-state index in [0.717, 1.165) is 6.92 Å². The minimum atomic E-state index is -4.93. The average Bonchev–Trinajstić information content (AvgIpc) is 2.13. The van der Waals surface area contributed by atoms with Crippen LogP contribution in [0.3, 0.4) is 0 Å². The molecular formula is C10H6F6O2. The minimum Gasteiger partial charge on any atom is -0.434 e. The van der Waals surface area contributed by atoms with E-state index in [2.05, 4.69) is 4.74 Å². The molecule has 1 aromatic rings. The molecule has 1 rings (SSSR count). The number of ketones is 1. The van der Waals surface area contributed by atoms with Crippen LogP contribution < -0.4 is 4.74 Å². The number of carbonyl (C=O) groups excluding carboxylic acids is 1. The standard InChI is InChI=1S/C10H6F6O2/c1-4(17)8-6(11)2-5(10(14,15)16)3-7(8)18-9(12)13/h2-3,9H,1H3. The zero-order valence-corrected chi connectivity index (χ0v) is 8.82. The summed E-state index contributed by atoms with van der Waals surface area (Å²) in [4.78, 5) is 11.0. The number of benzene rings is 1. The summed E-state index contributed by atoms with van der Waals surface area (Å²) < 4.78 is 78.0. The summed E-state index contributed by atoms with van der Waals surface area (Å²) in [7, 11) is 0. The number of Topliss-reactive ketones (excluding diaryl/α,β-unsaturated/α-hetero) is 1. The molecule has 0 aliphatic carbocycles. The van der Waals surface area contributed by atoms with E-state index in [1.165, 1.54) is 0 Å². The number of carbonyl (C=O) groups is 1. The number of alkyl halides is 5. The van der Waals surface area contributed by atoms with Crippen molar-refractivity contribution in [2.24, 2.45) is 0 Å². The highest BCUT2D eigenvalue weighted by Gasteiger charge is 2.33. The summed E-state index contributed by atoms with van der Waals surface area (Å²) in [5.74, 6) is -3.71. The lowest BCUT2D eigenvalue weighted by Gasteiger charge is -2.13. The predicted octanol–water partition coefficient (Wildman–Crippen LogP) is 3.65. The molecule has 0 saturated carbocycles. The van der Waals surface area contributed by atoms with Gasteiger partial charge in [0.15, 0.2) is 5.78 Å². The Morgan fingerprint density at radius 1 is 1.28 bits per heavy atom. The Morgan fingerprint density at radius 2 is 1.83 bits per heavy atom. The maximum atomic E-state index is 13.3. The van der Waals surface area contributed by atoms with E-state index in [-0.39, 0.29) is 12.1 Å². The largest absolute Gasteiger partial charge is 0.434 e. The Kier molecular flexibility index (Phi) is 3.88. The van der Waals surface area contributed by atoms with Crippen molar-refractivity contribution in [1.29, 1.82) is 0 Å². The molecule has 0 N–H and O–H groups in total. The molecule has 0 spiro atoms. The first-order chi connectivity index (χ1) is 8.12. The van der Waals surface area contributed by atoms with Gasteiger partial charge in [0, 0.05) is 0 Å². The van der Waals surface area contributed by atoms with Gasteiger partial charge in [0.05, 0.1) is 11.1 Å². The molecule has 8 heteroatoms. The fourth-order valence-electron chi connectivity index (χ4n) is 1.28. The molecule has 2 nitrogen and oxygen atoms in total. The molecule has 1 aromatic carbocycles. The van der Waals surface area contributed by atoms with Crippen LogP contribution in [0.4, 0.5) is 26.3 Å². The maximum absolute atomic E-state index is 13.3. The number of hydrogen-bond acceptors (Lipinski definition) is 2. The number of hydrogen-bond donors (Lipinski definition) is 0. The summed E-state index contributed by atoms with van der Waals surface area (Å²) in [6, 6.07) is 0.209. The molecule has 0 amide bonds. The molecule has 0 heterocycles. The molecule has 0 saturated heterocycles. The van der Waals surface area contributed by atoms with Crippen LogP contribution in [-0.4, -0.2) is 12.4 Å². The van der Waals surface area contributed by atoms with Crippen LogP contribution in [0.15, 0.2) is 12.1 Å². The summed E-state index contributed by atoms with van der Waals surface area (Å²) in [6.07, 6.45) is -4.93. The van der Waals surface area contributed by atoms with Gasteiger partial charge in [0.1, 0.15) is 11.6 Å². The molecule has 0 atom stereocenters. The normalized spacial score (nSPS) is 11.8. The molecule has 0 unspecified atom stereocenters. The van der Waals surface area contributed by atoms with Crippen molar-refractivity contribution in [1.82, 2.24) is 0 Å². The Balaban J connectivity index is 3.42. The monoisotopic (exact) mass is 272 g/mol. The van der Waals surface area contributed by atoms with Gasteiger partial charge in [-0.25, -0.2) is 4.39 Å². The molecule has 18 heavy (non-hydrogen) atoms. The Hall–Kier alpha value is -1.73. The molecule has 0 radical (unpaired) electrons. The molecular weight excluding hydrogens is 266 g/mol. The van der Waals surface area contributed by atoms with Crippen LogP contribution in [0.5, 0.6) is 5.75 Å². The maximum Gasteiger partial charge on any atom is 0.416 e. The molecule has 100 valence electrons. The van der Waals surface area contributed by atoms with Gasteiger partial charge in [0.25, 0.3) is 0 Å². The lowest BCUT2D eigenvalue weighted by molar-refractivity contribution is -0.138. The third-order valence-electron chi connectivity index (χ3n) is 1.95. The first-order valence-electron chi connectivity index (χ1n) is 4.49. The van der Waals surface area contributed by atoms with Gasteiger partial charge in [0.2, 0.25) is 0 Å². The smallest absolute Gasteiger partial charge is 0.416 e. The summed E-state index contributed by atoms with van der Waals surface area (Å²) in [6.45, 7) is -2.64. The fourth-order valence-corrected chi connectivity index (χ4v) is 1.28. The van der Waals surface area contributed by atoms with E-state index in [4.69, 9.17) is 0 Å². The summed E-state index contributed by atoms with van der Waals surface area (Å²) in [5, 5.41) is 0. The average molecular weight is 272 g/mol. The Morgan fingerprint density at radius 3 is 2.22 bits per heavy atom. The van der Waals surface area contributed by atoms with Gasteiger partial charge in [-0.15, -0.1) is 0 Å². The summed E-state index contributed by atoms with van der Waals surface area (Å²) >= 11 is 0. The van der Waals surface area contributed by atoms with Gasteiger partial charge in [-0.3, -0.25) is 4.79 Å². The van der Waals surface area contributed by atoms with Gasteiger partial charge in [-0.2, -0.15) is 22.0 Å². The van der Waals surface area contributed by atoms with E-state index in [9.17, 15) is 31.1 Å². The highest BCUT2D eigenvalue weighted by molar-refractivity contribution is 5.97. The van der Waals surface area contributed by atoms with E-state index in [1.807, 2.05) is 0 Å². The van der Waals surface area contributed by atoms with Crippen LogP contribution in [-0.2, 0) is 6.18 Å². The molecule has 0 aliphatic rings. The van der Waals surface area contributed by atoms with Crippen molar-refractivity contribution in [2.45, 2.75) is 19.7 Å². The highest BCUT2D eigenvalue weighted by atomic mass is 19.4. The topological polar surface area (TPSA) is 26.3 Å². The number of rotatable bonds is 3. The second kappa shape index (κ2) is 4.87. The van der Waals surface area contributed by atoms with Gasteiger partial charge in [-0.05, 0) is 19.1 Å². The zero-order chi connectivity index (χ0) is 14.1. The number of ether oxygens (including phenoxy) is 1. The molecule has 0 aliphatic heterocycles. The Bertz CT molecular complexity index is 466. The zero-order valence-electron chi connectivity index (χ0n) is 8.82. The quantitative estimate of drug-likeness (QED) is 0.620. The van der Waals surface area contributed by atoms with Crippen LogP contribution in [0.2, 0.25) is 0 Å². The lowest BCUT2D eigenvalue weighted by Crippen LogP contribution is -2.12. The third-order valence-corrected chi connectivity index (χ3v) is 1.95. The predicted molar refractivity (Wildman–Crippen MR) is 48.0 cm³/mol. The van der Waals surface area contributed by atoms with E-state index in [1.54, 1.807) is 0 Å². The second-order valence-corrected chi connectivity index (χ2v) is 3.26. The van der Waals surface area contributed by atoms with Gasteiger partial charge in [-0.1, -0.05) is 0 Å². The van der Waals surface area contributed by atoms with E-state index < -0.39 is 41.3 Å². The van der Waals surface area contributed by atoms with Gasteiger partial charge < -0.3 is 4.74 Å². The van der Waals surface area contributed by atoms with Crippen molar-refractivity contribution in [3.8, 4) is 5.75 Å². The lowest BCUT2D eigenvalue weighted by atomic mass is 10.1. The van der Waals surface area contributed by atoms with Crippen LogP contribution in [0, 0.1) is 5.82 Å². The van der Waals surface area contributed by atoms with Crippen molar-refractivity contribution in [3.05, 3.63) is 29.1 Å². The van der Waals surface area contributed by atoms with E-state index in [0.29, 0.717) is 0 Å². The van der Waals surface area contributed by atoms with Crippen LogP contribution in [0.25, 0.3) is 0 Å². The van der Waals surface area contributed by atoms with Crippen molar-refractivity contribution < 1.29 is 35.9 Å². The highest BCUT2D eigenvalue weighted by Crippen LogP contribution is 2.35. The van der Waals surface area contributed by atoms with E-state index >= 15 is 0 Å².